The molecular formula is C15H14ClN5. The summed E-state index contributed by atoms with van der Waals surface area (Å²) in [5, 5.41) is 9.85. The zero-order valence-electron chi connectivity index (χ0n) is 11.4. The lowest BCUT2D eigenvalue weighted by atomic mass is 10.2. The summed E-state index contributed by atoms with van der Waals surface area (Å²) >= 11 is 5.91. The van der Waals surface area contributed by atoms with Gasteiger partial charge in [-0.1, -0.05) is 11.6 Å². The fourth-order valence-corrected chi connectivity index (χ4v) is 2.60. The van der Waals surface area contributed by atoms with E-state index in [0.29, 0.717) is 11.5 Å². The molecular weight excluding hydrogens is 286 g/mol. The minimum atomic E-state index is 0.387. The molecule has 0 amide bonds. The zero-order valence-corrected chi connectivity index (χ0v) is 12.2. The van der Waals surface area contributed by atoms with Gasteiger partial charge >= 0.3 is 0 Å². The van der Waals surface area contributed by atoms with Crippen LogP contribution >= 0.6 is 11.6 Å². The first-order valence-electron chi connectivity index (χ1n) is 6.74. The summed E-state index contributed by atoms with van der Waals surface area (Å²) in [5.41, 5.74) is 1.55. The van der Waals surface area contributed by atoms with Gasteiger partial charge in [0.15, 0.2) is 11.5 Å². The van der Waals surface area contributed by atoms with Crippen molar-refractivity contribution in [3.8, 4) is 6.07 Å². The van der Waals surface area contributed by atoms with Gasteiger partial charge in [-0.3, -0.25) is 0 Å². The SMILES string of the molecule is N#Cc1nccnc1N1CCN(c2ccc(Cl)cc2)CC1. The molecule has 1 fully saturated rings. The number of rotatable bonds is 2. The fraction of sp³-hybridized carbons (Fsp3) is 0.267. The van der Waals surface area contributed by atoms with E-state index < -0.39 is 0 Å². The standard InChI is InChI=1S/C15H14ClN5/c16-12-1-3-13(4-2-12)20-7-9-21(10-8-20)15-14(11-17)18-5-6-19-15/h1-6H,7-10H2. The van der Waals surface area contributed by atoms with Crippen LogP contribution in [0.4, 0.5) is 11.5 Å². The van der Waals surface area contributed by atoms with Gasteiger partial charge in [-0.15, -0.1) is 0 Å². The maximum Gasteiger partial charge on any atom is 0.183 e. The Bertz CT molecular complexity index is 657. The van der Waals surface area contributed by atoms with E-state index in [1.54, 1.807) is 12.4 Å². The van der Waals surface area contributed by atoms with Crippen LogP contribution in [0.3, 0.4) is 0 Å². The van der Waals surface area contributed by atoms with Gasteiger partial charge in [0.1, 0.15) is 6.07 Å². The lowest BCUT2D eigenvalue weighted by molar-refractivity contribution is 0.645. The molecule has 0 unspecified atom stereocenters. The molecule has 2 aromatic rings. The van der Waals surface area contributed by atoms with Gasteiger partial charge in [0.25, 0.3) is 0 Å². The molecule has 1 saturated heterocycles. The number of anilines is 2. The van der Waals surface area contributed by atoms with E-state index in [0.717, 1.165) is 31.2 Å². The van der Waals surface area contributed by atoms with Crippen LogP contribution in [-0.4, -0.2) is 36.1 Å². The van der Waals surface area contributed by atoms with E-state index >= 15 is 0 Å². The molecule has 1 aliphatic rings. The topological polar surface area (TPSA) is 56.1 Å². The lowest BCUT2D eigenvalue weighted by Crippen LogP contribution is -2.47. The van der Waals surface area contributed by atoms with E-state index in [9.17, 15) is 0 Å². The van der Waals surface area contributed by atoms with E-state index in [4.69, 9.17) is 16.9 Å². The molecule has 0 atom stereocenters. The fourth-order valence-electron chi connectivity index (χ4n) is 2.47. The highest BCUT2D eigenvalue weighted by molar-refractivity contribution is 6.30. The van der Waals surface area contributed by atoms with Gasteiger partial charge in [-0.05, 0) is 24.3 Å². The van der Waals surface area contributed by atoms with Crippen LogP contribution < -0.4 is 9.80 Å². The van der Waals surface area contributed by atoms with E-state index in [-0.39, 0.29) is 0 Å². The molecule has 6 heteroatoms. The summed E-state index contributed by atoms with van der Waals surface area (Å²) in [6.07, 6.45) is 3.17. The number of piperazine rings is 1. The quantitative estimate of drug-likeness (QED) is 0.852. The summed E-state index contributed by atoms with van der Waals surface area (Å²) in [4.78, 5) is 12.8. The first-order valence-corrected chi connectivity index (χ1v) is 7.12. The van der Waals surface area contributed by atoms with E-state index in [1.807, 2.05) is 24.3 Å². The van der Waals surface area contributed by atoms with Gasteiger partial charge in [-0.2, -0.15) is 5.26 Å². The molecule has 2 heterocycles. The average Bonchev–Trinajstić information content (AvgIpc) is 2.56. The number of hydrogen-bond donors (Lipinski definition) is 0. The first kappa shape index (κ1) is 13.7. The highest BCUT2D eigenvalue weighted by Crippen LogP contribution is 2.22. The number of nitrogens with zero attached hydrogens (tertiary/aromatic N) is 5. The second-order valence-corrected chi connectivity index (χ2v) is 5.23. The summed E-state index contributed by atoms with van der Waals surface area (Å²) in [5.74, 6) is 0.677. The van der Waals surface area contributed by atoms with Crippen LogP contribution in [0.25, 0.3) is 0 Å². The summed E-state index contributed by atoms with van der Waals surface area (Å²) < 4.78 is 0. The van der Waals surface area contributed by atoms with Crippen molar-refractivity contribution in [1.29, 1.82) is 5.26 Å². The number of benzene rings is 1. The number of aromatic nitrogens is 2. The van der Waals surface area contributed by atoms with Crippen molar-refractivity contribution < 1.29 is 0 Å². The van der Waals surface area contributed by atoms with Gasteiger partial charge in [-0.25, -0.2) is 9.97 Å². The van der Waals surface area contributed by atoms with Gasteiger partial charge in [0.05, 0.1) is 0 Å². The third-order valence-electron chi connectivity index (χ3n) is 3.56. The van der Waals surface area contributed by atoms with Crippen LogP contribution in [0.2, 0.25) is 5.02 Å². The van der Waals surface area contributed by atoms with Gasteiger partial charge in [0, 0.05) is 49.3 Å². The predicted molar refractivity (Wildman–Crippen MR) is 82.6 cm³/mol. The Kier molecular flexibility index (Phi) is 3.89. The molecule has 0 bridgehead atoms. The Balaban J connectivity index is 1.70. The molecule has 0 spiro atoms. The Labute approximate surface area is 128 Å². The second-order valence-electron chi connectivity index (χ2n) is 4.79. The third-order valence-corrected chi connectivity index (χ3v) is 3.81. The Morgan fingerprint density at radius 3 is 2.24 bits per heavy atom. The van der Waals surface area contributed by atoms with Gasteiger partial charge < -0.3 is 9.80 Å². The van der Waals surface area contributed by atoms with Crippen molar-refractivity contribution in [3.05, 3.63) is 47.4 Å². The predicted octanol–water partition coefficient (Wildman–Crippen LogP) is 2.33. The Hall–Kier alpha value is -2.32. The number of nitriles is 1. The highest BCUT2D eigenvalue weighted by Gasteiger charge is 2.20. The maximum atomic E-state index is 9.10. The molecule has 1 aromatic heterocycles. The molecule has 0 saturated carbocycles. The summed E-state index contributed by atoms with van der Waals surface area (Å²) in [6.45, 7) is 3.39. The van der Waals surface area contributed by atoms with E-state index in [1.165, 1.54) is 5.69 Å². The van der Waals surface area contributed by atoms with Crippen LogP contribution in [0, 0.1) is 11.3 Å². The summed E-state index contributed by atoms with van der Waals surface area (Å²) in [7, 11) is 0. The van der Waals surface area contributed by atoms with Crippen molar-refractivity contribution >= 4 is 23.1 Å². The largest absolute Gasteiger partial charge is 0.368 e. The Morgan fingerprint density at radius 2 is 1.57 bits per heavy atom. The average molecular weight is 300 g/mol. The van der Waals surface area contributed by atoms with Crippen LogP contribution in [0.15, 0.2) is 36.7 Å². The number of hydrogen-bond acceptors (Lipinski definition) is 5. The first-order chi connectivity index (χ1) is 10.3. The monoisotopic (exact) mass is 299 g/mol. The molecule has 0 N–H and O–H groups in total. The third kappa shape index (κ3) is 2.91. The smallest absolute Gasteiger partial charge is 0.183 e. The molecule has 106 valence electrons. The van der Waals surface area contributed by atoms with Crippen molar-refractivity contribution in [3.63, 3.8) is 0 Å². The van der Waals surface area contributed by atoms with Crippen LogP contribution in [-0.2, 0) is 0 Å². The van der Waals surface area contributed by atoms with Crippen molar-refractivity contribution in [1.82, 2.24) is 9.97 Å². The van der Waals surface area contributed by atoms with E-state index in [2.05, 4.69) is 25.8 Å². The second kappa shape index (κ2) is 5.98. The molecule has 3 rings (SSSR count). The van der Waals surface area contributed by atoms with Crippen molar-refractivity contribution in [2.45, 2.75) is 0 Å². The molecule has 1 aromatic carbocycles. The van der Waals surface area contributed by atoms with Crippen LogP contribution in [0.1, 0.15) is 5.69 Å². The Morgan fingerprint density at radius 1 is 0.952 bits per heavy atom. The normalized spacial score (nSPS) is 14.9. The van der Waals surface area contributed by atoms with Crippen LogP contribution in [0.5, 0.6) is 0 Å². The van der Waals surface area contributed by atoms with Crippen molar-refractivity contribution in [2.24, 2.45) is 0 Å². The number of halogens is 1. The highest BCUT2D eigenvalue weighted by atomic mass is 35.5. The molecule has 1 aliphatic heterocycles. The van der Waals surface area contributed by atoms with Gasteiger partial charge in [0.2, 0.25) is 0 Å². The molecule has 0 aliphatic carbocycles. The molecule has 21 heavy (non-hydrogen) atoms. The minimum absolute atomic E-state index is 0.387. The lowest BCUT2D eigenvalue weighted by Gasteiger charge is -2.36. The summed E-state index contributed by atoms with van der Waals surface area (Å²) in [6, 6.07) is 9.96. The zero-order chi connectivity index (χ0) is 14.7. The maximum absolute atomic E-state index is 9.10. The molecule has 5 nitrogen and oxygen atoms in total. The van der Waals surface area contributed by atoms with Crippen molar-refractivity contribution in [2.75, 3.05) is 36.0 Å². The minimum Gasteiger partial charge on any atom is -0.368 e. The molecule has 0 radical (unpaired) electrons.